The molecule has 0 unspecified atom stereocenters. The standard InChI is InChI=1S/C20H26N4O2S2/c1-15-4-2-5-17(14-15)23-19(26)24-10-6-16(7-11-24)18(25)21-8-3-12-27-20-22-9-13-28-20/h2,4-5,9,13-14,16H,3,6-8,10-12H2,1H3,(H,21,25)(H,23,26). The molecule has 6 nitrogen and oxygen atoms in total. The molecule has 0 spiro atoms. The van der Waals surface area contributed by atoms with Crippen LogP contribution in [0.5, 0.6) is 0 Å². The lowest BCUT2D eigenvalue weighted by molar-refractivity contribution is -0.126. The van der Waals surface area contributed by atoms with Gasteiger partial charge in [-0.2, -0.15) is 0 Å². The summed E-state index contributed by atoms with van der Waals surface area (Å²) in [4.78, 5) is 30.8. The summed E-state index contributed by atoms with van der Waals surface area (Å²) in [5, 5.41) is 7.94. The average Bonchev–Trinajstić information content (AvgIpc) is 3.21. The number of urea groups is 1. The Hall–Kier alpha value is -2.06. The van der Waals surface area contributed by atoms with Crippen molar-refractivity contribution in [3.63, 3.8) is 0 Å². The number of aromatic nitrogens is 1. The first kappa shape index (κ1) is 20.7. The van der Waals surface area contributed by atoms with Crippen LogP contribution in [0.25, 0.3) is 0 Å². The van der Waals surface area contributed by atoms with E-state index < -0.39 is 0 Å². The number of hydrogen-bond donors (Lipinski definition) is 2. The van der Waals surface area contributed by atoms with Crippen LogP contribution in [-0.2, 0) is 4.79 Å². The van der Waals surface area contributed by atoms with Crippen LogP contribution in [0.3, 0.4) is 0 Å². The lowest BCUT2D eigenvalue weighted by atomic mass is 9.96. The number of carbonyl (C=O) groups is 2. The Balaban J connectivity index is 1.32. The highest BCUT2D eigenvalue weighted by Crippen LogP contribution is 2.21. The molecule has 28 heavy (non-hydrogen) atoms. The van der Waals surface area contributed by atoms with Gasteiger partial charge in [0.25, 0.3) is 0 Å². The highest BCUT2D eigenvalue weighted by Gasteiger charge is 2.27. The molecule has 2 N–H and O–H groups in total. The molecule has 0 radical (unpaired) electrons. The van der Waals surface area contributed by atoms with Crippen LogP contribution in [0.15, 0.2) is 40.2 Å². The zero-order chi connectivity index (χ0) is 19.8. The normalized spacial score (nSPS) is 14.7. The van der Waals surface area contributed by atoms with Crippen LogP contribution in [0, 0.1) is 12.8 Å². The largest absolute Gasteiger partial charge is 0.356 e. The van der Waals surface area contributed by atoms with Gasteiger partial charge in [0, 0.05) is 48.6 Å². The van der Waals surface area contributed by atoms with Crippen LogP contribution >= 0.6 is 23.1 Å². The Bertz CT molecular complexity index is 774. The first-order valence-corrected chi connectivity index (χ1v) is 11.4. The lowest BCUT2D eigenvalue weighted by Crippen LogP contribution is -2.44. The summed E-state index contributed by atoms with van der Waals surface area (Å²) in [7, 11) is 0. The minimum Gasteiger partial charge on any atom is -0.356 e. The third kappa shape index (κ3) is 6.24. The van der Waals surface area contributed by atoms with E-state index in [-0.39, 0.29) is 17.9 Å². The highest BCUT2D eigenvalue weighted by atomic mass is 32.2. The number of rotatable bonds is 7. The topological polar surface area (TPSA) is 74.3 Å². The van der Waals surface area contributed by atoms with Gasteiger partial charge >= 0.3 is 6.03 Å². The maximum absolute atomic E-state index is 12.4. The Labute approximate surface area is 174 Å². The Morgan fingerprint density at radius 3 is 2.86 bits per heavy atom. The number of thioether (sulfide) groups is 1. The fourth-order valence-electron chi connectivity index (χ4n) is 3.14. The molecule has 2 heterocycles. The van der Waals surface area contributed by atoms with Gasteiger partial charge in [-0.3, -0.25) is 4.79 Å². The van der Waals surface area contributed by atoms with Crippen molar-refractivity contribution in [3.8, 4) is 0 Å². The molecule has 1 aliphatic heterocycles. The molecule has 1 aromatic carbocycles. The number of nitrogens with one attached hydrogen (secondary N) is 2. The van der Waals surface area contributed by atoms with Crippen molar-refractivity contribution in [2.75, 3.05) is 30.7 Å². The minimum absolute atomic E-state index is 0.00497. The van der Waals surface area contributed by atoms with Gasteiger partial charge in [0.2, 0.25) is 5.91 Å². The predicted octanol–water partition coefficient (Wildman–Crippen LogP) is 3.99. The van der Waals surface area contributed by atoms with Crippen molar-refractivity contribution in [2.45, 2.75) is 30.5 Å². The third-order valence-corrected chi connectivity index (χ3v) is 6.73. The number of amides is 3. The summed E-state index contributed by atoms with van der Waals surface area (Å²) >= 11 is 3.36. The molecule has 0 aliphatic carbocycles. The van der Waals surface area contributed by atoms with Crippen molar-refractivity contribution in [2.24, 2.45) is 5.92 Å². The van der Waals surface area contributed by atoms with Crippen molar-refractivity contribution in [1.82, 2.24) is 15.2 Å². The second-order valence-corrected chi connectivity index (χ2v) is 9.09. The maximum atomic E-state index is 12.4. The fraction of sp³-hybridized carbons (Fsp3) is 0.450. The SMILES string of the molecule is Cc1cccc(NC(=O)N2CCC(C(=O)NCCCSc3nccs3)CC2)c1. The molecule has 1 aromatic heterocycles. The van der Waals surface area contributed by atoms with Crippen LogP contribution in [-0.4, -0.2) is 47.2 Å². The van der Waals surface area contributed by atoms with E-state index in [2.05, 4.69) is 15.6 Å². The molecule has 2 aromatic rings. The summed E-state index contributed by atoms with van der Waals surface area (Å²) in [6.45, 7) is 3.90. The number of likely N-dealkylation sites (tertiary alicyclic amines) is 1. The Morgan fingerprint density at radius 2 is 2.14 bits per heavy atom. The van der Waals surface area contributed by atoms with Gasteiger partial charge in [-0.05, 0) is 43.9 Å². The van der Waals surface area contributed by atoms with E-state index in [4.69, 9.17) is 0 Å². The Kier molecular flexibility index (Phi) is 7.73. The number of anilines is 1. The zero-order valence-electron chi connectivity index (χ0n) is 16.0. The monoisotopic (exact) mass is 418 g/mol. The quantitative estimate of drug-likeness (QED) is 0.527. The molecule has 0 atom stereocenters. The molecule has 8 heteroatoms. The Morgan fingerprint density at radius 1 is 1.32 bits per heavy atom. The first-order valence-electron chi connectivity index (χ1n) is 9.54. The summed E-state index contributed by atoms with van der Waals surface area (Å²) in [5.74, 6) is 1.05. The van der Waals surface area contributed by atoms with Gasteiger partial charge in [0.05, 0.1) is 0 Å². The van der Waals surface area contributed by atoms with E-state index in [9.17, 15) is 9.59 Å². The number of nitrogens with zero attached hydrogens (tertiary/aromatic N) is 2. The zero-order valence-corrected chi connectivity index (χ0v) is 17.7. The third-order valence-electron chi connectivity index (χ3n) is 4.68. The maximum Gasteiger partial charge on any atom is 0.321 e. The molecular weight excluding hydrogens is 392 g/mol. The van der Waals surface area contributed by atoms with Gasteiger partial charge in [0.1, 0.15) is 4.34 Å². The molecule has 3 amide bonds. The number of benzene rings is 1. The number of piperidine rings is 1. The van der Waals surface area contributed by atoms with Crippen LogP contribution < -0.4 is 10.6 Å². The molecule has 3 rings (SSSR count). The van der Waals surface area contributed by atoms with E-state index in [0.29, 0.717) is 32.5 Å². The van der Waals surface area contributed by atoms with E-state index in [1.54, 1.807) is 28.0 Å². The molecule has 150 valence electrons. The predicted molar refractivity (Wildman–Crippen MR) is 115 cm³/mol. The van der Waals surface area contributed by atoms with Gasteiger partial charge in [-0.1, -0.05) is 23.9 Å². The second kappa shape index (κ2) is 10.5. The molecule has 0 saturated carbocycles. The summed E-state index contributed by atoms with van der Waals surface area (Å²) in [5.41, 5.74) is 1.92. The average molecular weight is 419 g/mol. The number of carbonyl (C=O) groups excluding carboxylic acids is 2. The second-order valence-electron chi connectivity index (χ2n) is 6.85. The van der Waals surface area contributed by atoms with E-state index in [1.807, 2.05) is 42.8 Å². The van der Waals surface area contributed by atoms with Crippen molar-refractivity contribution in [3.05, 3.63) is 41.4 Å². The highest BCUT2D eigenvalue weighted by molar-refractivity contribution is 8.00. The van der Waals surface area contributed by atoms with Crippen molar-refractivity contribution < 1.29 is 9.59 Å². The van der Waals surface area contributed by atoms with E-state index in [0.717, 1.165) is 27.8 Å². The van der Waals surface area contributed by atoms with Gasteiger partial charge in [-0.25, -0.2) is 9.78 Å². The van der Waals surface area contributed by atoms with Crippen LogP contribution in [0.2, 0.25) is 0 Å². The summed E-state index contributed by atoms with van der Waals surface area (Å²) in [6.07, 6.45) is 4.15. The fourth-order valence-corrected chi connectivity index (χ4v) is 4.79. The smallest absolute Gasteiger partial charge is 0.321 e. The minimum atomic E-state index is -0.0938. The first-order chi connectivity index (χ1) is 13.6. The summed E-state index contributed by atoms with van der Waals surface area (Å²) in [6, 6.07) is 7.67. The van der Waals surface area contributed by atoms with Crippen molar-refractivity contribution >= 4 is 40.7 Å². The number of hydrogen-bond acceptors (Lipinski definition) is 5. The van der Waals surface area contributed by atoms with Crippen LogP contribution in [0.1, 0.15) is 24.8 Å². The molecule has 1 aliphatic rings. The summed E-state index contributed by atoms with van der Waals surface area (Å²) < 4.78 is 1.07. The molecule has 0 bridgehead atoms. The van der Waals surface area contributed by atoms with Gasteiger partial charge in [-0.15, -0.1) is 11.3 Å². The number of aryl methyl sites for hydroxylation is 1. The van der Waals surface area contributed by atoms with Crippen LogP contribution in [0.4, 0.5) is 10.5 Å². The molecular formula is C20H26N4O2S2. The van der Waals surface area contributed by atoms with Gasteiger partial charge < -0.3 is 15.5 Å². The number of thiazole rings is 1. The molecule has 1 fully saturated rings. The van der Waals surface area contributed by atoms with Gasteiger partial charge in [0.15, 0.2) is 0 Å². The van der Waals surface area contributed by atoms with E-state index >= 15 is 0 Å². The van der Waals surface area contributed by atoms with E-state index in [1.165, 1.54) is 0 Å². The molecule has 1 saturated heterocycles. The lowest BCUT2D eigenvalue weighted by Gasteiger charge is -2.31. The van der Waals surface area contributed by atoms with Crippen molar-refractivity contribution in [1.29, 1.82) is 0 Å².